The summed E-state index contributed by atoms with van der Waals surface area (Å²) in [7, 11) is 0. The van der Waals surface area contributed by atoms with Gasteiger partial charge in [0.25, 0.3) is 0 Å². The lowest BCUT2D eigenvalue weighted by Crippen LogP contribution is -2.53. The first-order chi connectivity index (χ1) is 7.00. The van der Waals surface area contributed by atoms with Gasteiger partial charge in [0.15, 0.2) is 0 Å². The first-order valence-corrected chi connectivity index (χ1v) is 5.01. The van der Waals surface area contributed by atoms with Crippen LogP contribution >= 0.6 is 0 Å². The second-order valence-corrected chi connectivity index (χ2v) is 4.34. The Hall–Kier alpha value is -0.690. The summed E-state index contributed by atoms with van der Waals surface area (Å²) in [4.78, 5) is 12.4. The minimum absolute atomic E-state index is 0.139. The van der Waals surface area contributed by atoms with Crippen LogP contribution in [0.15, 0.2) is 0 Å². The summed E-state index contributed by atoms with van der Waals surface area (Å²) < 4.78 is 0. The molecule has 2 heterocycles. The highest BCUT2D eigenvalue weighted by atomic mass is 16.4. The first-order valence-electron chi connectivity index (χ1n) is 5.01. The number of nitrogens with zero attached hydrogens (tertiary/aromatic N) is 1. The maximum atomic E-state index is 10.8. The lowest BCUT2D eigenvalue weighted by molar-refractivity contribution is -0.147. The monoisotopic (exact) mass is 217 g/mol. The predicted octanol–water partition coefficient (Wildman–Crippen LogP) is -2.14. The van der Waals surface area contributed by atoms with Crippen LogP contribution in [0.3, 0.4) is 0 Å². The summed E-state index contributed by atoms with van der Waals surface area (Å²) in [5.74, 6) is -1.56. The largest absolute Gasteiger partial charge is 0.481 e. The Labute approximate surface area is 86.7 Å². The van der Waals surface area contributed by atoms with Crippen molar-refractivity contribution in [2.75, 3.05) is 13.1 Å². The smallest absolute Gasteiger partial charge is 0.307 e. The van der Waals surface area contributed by atoms with E-state index in [4.69, 9.17) is 5.11 Å². The van der Waals surface area contributed by atoms with Crippen molar-refractivity contribution in [2.24, 2.45) is 5.92 Å². The molecule has 4 N–H and O–H groups in total. The number of hydrogen-bond acceptors (Lipinski definition) is 5. The average Bonchev–Trinajstić information content (AvgIpc) is 2.42. The minimum Gasteiger partial charge on any atom is -0.481 e. The van der Waals surface area contributed by atoms with E-state index in [1.165, 1.54) is 0 Å². The molecule has 2 fully saturated rings. The molecule has 2 aliphatic heterocycles. The third-order valence-corrected chi connectivity index (χ3v) is 3.31. The summed E-state index contributed by atoms with van der Waals surface area (Å²) in [6.45, 7) is 0.512. The van der Waals surface area contributed by atoms with Crippen LogP contribution in [0.1, 0.15) is 6.42 Å². The molecule has 0 bridgehead atoms. The van der Waals surface area contributed by atoms with Crippen LogP contribution in [0.4, 0.5) is 0 Å². The minimum atomic E-state index is -0.977. The summed E-state index contributed by atoms with van der Waals surface area (Å²) >= 11 is 0. The topological polar surface area (TPSA) is 101 Å². The highest BCUT2D eigenvalue weighted by Gasteiger charge is 2.48. The molecule has 5 unspecified atom stereocenters. The van der Waals surface area contributed by atoms with Gasteiger partial charge >= 0.3 is 5.97 Å². The van der Waals surface area contributed by atoms with Gasteiger partial charge in [0.2, 0.25) is 0 Å². The Bertz CT molecular complexity index is 271. The highest BCUT2D eigenvalue weighted by Crippen LogP contribution is 2.30. The van der Waals surface area contributed by atoms with Crippen LogP contribution in [0.5, 0.6) is 0 Å². The number of hydrogen-bond donors (Lipinski definition) is 4. The van der Waals surface area contributed by atoms with Crippen molar-refractivity contribution >= 4 is 5.97 Å². The van der Waals surface area contributed by atoms with Gasteiger partial charge in [-0.3, -0.25) is 9.69 Å². The molecule has 0 amide bonds. The third kappa shape index (κ3) is 1.74. The van der Waals surface area contributed by atoms with E-state index in [9.17, 15) is 20.1 Å². The van der Waals surface area contributed by atoms with E-state index in [0.717, 1.165) is 0 Å². The third-order valence-electron chi connectivity index (χ3n) is 3.31. The maximum absolute atomic E-state index is 10.8. The highest BCUT2D eigenvalue weighted by molar-refractivity contribution is 5.70. The lowest BCUT2D eigenvalue weighted by atomic mass is 9.89. The van der Waals surface area contributed by atoms with Gasteiger partial charge < -0.3 is 20.4 Å². The molecule has 6 heteroatoms. The fourth-order valence-corrected chi connectivity index (χ4v) is 2.55. The number of fused-ring (bicyclic) bond motifs is 1. The number of aliphatic carboxylic acids is 1. The van der Waals surface area contributed by atoms with Crippen molar-refractivity contribution < 1.29 is 25.2 Å². The molecule has 0 saturated carbocycles. The van der Waals surface area contributed by atoms with E-state index in [1.54, 1.807) is 4.90 Å². The van der Waals surface area contributed by atoms with E-state index in [-0.39, 0.29) is 19.5 Å². The van der Waals surface area contributed by atoms with E-state index in [1.807, 2.05) is 0 Å². The molecule has 15 heavy (non-hydrogen) atoms. The molecule has 2 aliphatic rings. The average molecular weight is 217 g/mol. The molecule has 0 aliphatic carbocycles. The number of aliphatic hydroxyl groups excluding tert-OH is 3. The van der Waals surface area contributed by atoms with Gasteiger partial charge in [0.05, 0.1) is 30.3 Å². The van der Waals surface area contributed by atoms with E-state index in [0.29, 0.717) is 0 Å². The van der Waals surface area contributed by atoms with E-state index < -0.39 is 36.2 Å². The van der Waals surface area contributed by atoms with Crippen molar-refractivity contribution in [2.45, 2.75) is 30.8 Å². The van der Waals surface area contributed by atoms with Crippen molar-refractivity contribution in [3.05, 3.63) is 0 Å². The summed E-state index contributed by atoms with van der Waals surface area (Å²) in [5.41, 5.74) is 0. The van der Waals surface area contributed by atoms with Gasteiger partial charge in [-0.1, -0.05) is 0 Å². The van der Waals surface area contributed by atoms with Crippen LogP contribution in [-0.2, 0) is 4.79 Å². The molecule has 0 aromatic rings. The van der Waals surface area contributed by atoms with Gasteiger partial charge in [0, 0.05) is 13.1 Å². The fraction of sp³-hybridized carbons (Fsp3) is 0.889. The molecule has 0 aromatic carbocycles. The van der Waals surface area contributed by atoms with Gasteiger partial charge in [-0.25, -0.2) is 0 Å². The van der Waals surface area contributed by atoms with Gasteiger partial charge in [-0.15, -0.1) is 0 Å². The molecule has 2 saturated heterocycles. The Morgan fingerprint density at radius 1 is 1.13 bits per heavy atom. The first kappa shape index (κ1) is 10.8. The number of aliphatic hydroxyl groups is 3. The van der Waals surface area contributed by atoms with Crippen molar-refractivity contribution in [1.29, 1.82) is 0 Å². The molecular weight excluding hydrogens is 202 g/mol. The number of rotatable bonds is 1. The molecule has 86 valence electrons. The molecular formula is C9H15NO5. The second kappa shape index (κ2) is 3.71. The normalized spacial score (nSPS) is 46.5. The number of carbonyl (C=O) groups is 1. The molecule has 0 radical (unpaired) electrons. The zero-order chi connectivity index (χ0) is 11.2. The van der Waals surface area contributed by atoms with E-state index in [2.05, 4.69) is 0 Å². The Kier molecular flexibility index (Phi) is 2.68. The zero-order valence-corrected chi connectivity index (χ0v) is 8.15. The summed E-state index contributed by atoms with van der Waals surface area (Å²) in [5, 5.41) is 37.6. The lowest BCUT2D eigenvalue weighted by Gasteiger charge is -2.37. The van der Waals surface area contributed by atoms with Crippen LogP contribution in [0, 0.1) is 5.92 Å². The van der Waals surface area contributed by atoms with Crippen LogP contribution in [0.25, 0.3) is 0 Å². The number of piperidine rings is 1. The predicted molar refractivity (Wildman–Crippen MR) is 49.1 cm³/mol. The SMILES string of the molecule is O=C(O)C1CC(O)C2C(O)C(O)CN2C1. The molecule has 2 rings (SSSR count). The molecule has 0 aromatic heterocycles. The van der Waals surface area contributed by atoms with Gasteiger partial charge in [-0.05, 0) is 6.42 Å². The summed E-state index contributed by atoms with van der Waals surface area (Å²) in [6.07, 6.45) is -2.61. The zero-order valence-electron chi connectivity index (χ0n) is 8.15. The Morgan fingerprint density at radius 3 is 2.40 bits per heavy atom. The molecule has 5 atom stereocenters. The van der Waals surface area contributed by atoms with E-state index >= 15 is 0 Å². The molecule has 0 spiro atoms. The standard InChI is InChI=1S/C9H15NO5/c11-5-1-4(9(14)15)2-10-3-6(12)8(13)7(5)10/h4-8,11-13H,1-3H2,(H,14,15). The van der Waals surface area contributed by atoms with Crippen LogP contribution in [-0.4, -0.2) is 68.7 Å². The van der Waals surface area contributed by atoms with Gasteiger partial charge in [-0.2, -0.15) is 0 Å². The molecule has 6 nitrogen and oxygen atoms in total. The Balaban J connectivity index is 2.12. The van der Waals surface area contributed by atoms with Crippen molar-refractivity contribution in [1.82, 2.24) is 4.90 Å². The summed E-state index contributed by atoms with van der Waals surface area (Å²) in [6, 6.07) is -0.518. The van der Waals surface area contributed by atoms with Crippen molar-refractivity contribution in [3.8, 4) is 0 Å². The fourth-order valence-electron chi connectivity index (χ4n) is 2.55. The van der Waals surface area contributed by atoms with Gasteiger partial charge in [0.1, 0.15) is 0 Å². The maximum Gasteiger partial charge on any atom is 0.307 e. The number of carboxylic acid groups (broad SMARTS) is 1. The number of carboxylic acids is 1. The quantitative estimate of drug-likeness (QED) is 0.400. The van der Waals surface area contributed by atoms with Crippen LogP contribution < -0.4 is 0 Å². The second-order valence-electron chi connectivity index (χ2n) is 4.34. The Morgan fingerprint density at radius 2 is 1.80 bits per heavy atom. The van der Waals surface area contributed by atoms with Crippen molar-refractivity contribution in [3.63, 3.8) is 0 Å². The van der Waals surface area contributed by atoms with Crippen LogP contribution in [0.2, 0.25) is 0 Å².